The van der Waals surface area contributed by atoms with Gasteiger partial charge in [-0.15, -0.1) is 0 Å². The Hall–Kier alpha value is -3.15. The highest BCUT2D eigenvalue weighted by Gasteiger charge is 2.24. The average molecular weight is 421 g/mol. The number of rotatable bonds is 7. The molecule has 6 heteroatoms. The molecule has 0 spiro atoms. The summed E-state index contributed by atoms with van der Waals surface area (Å²) in [5.74, 6) is -0.108. The molecule has 0 N–H and O–H groups in total. The molecule has 0 radical (unpaired) electrons. The predicted molar refractivity (Wildman–Crippen MR) is 117 cm³/mol. The van der Waals surface area contributed by atoms with Gasteiger partial charge in [0.2, 0.25) is 0 Å². The fourth-order valence-corrected chi connectivity index (χ4v) is 4.36. The van der Waals surface area contributed by atoms with Gasteiger partial charge in [-0.3, -0.25) is 14.4 Å². The van der Waals surface area contributed by atoms with E-state index in [1.165, 1.54) is 11.1 Å². The molecule has 4 rings (SSSR count). The number of ether oxygens (including phenoxy) is 2. The summed E-state index contributed by atoms with van der Waals surface area (Å²) in [5, 5.41) is 0. The lowest BCUT2D eigenvalue weighted by Gasteiger charge is -2.29. The zero-order valence-corrected chi connectivity index (χ0v) is 17.8. The molecule has 1 heterocycles. The third-order valence-corrected chi connectivity index (χ3v) is 6.04. The van der Waals surface area contributed by atoms with Crippen LogP contribution in [0.25, 0.3) is 0 Å². The maximum Gasteiger partial charge on any atom is 0.306 e. The first-order chi connectivity index (χ1) is 15.0. The minimum Gasteiger partial charge on any atom is -0.497 e. The van der Waals surface area contributed by atoms with E-state index in [0.29, 0.717) is 12.1 Å². The van der Waals surface area contributed by atoms with Gasteiger partial charge in [0.25, 0.3) is 5.91 Å². The van der Waals surface area contributed by atoms with Crippen LogP contribution in [0.5, 0.6) is 5.75 Å². The zero-order chi connectivity index (χ0) is 21.8. The van der Waals surface area contributed by atoms with Crippen LogP contribution >= 0.6 is 0 Å². The molecule has 0 fully saturated rings. The second-order valence-corrected chi connectivity index (χ2v) is 8.06. The van der Waals surface area contributed by atoms with E-state index in [0.717, 1.165) is 49.1 Å². The number of anilines is 1. The molecule has 0 unspecified atom stereocenters. The summed E-state index contributed by atoms with van der Waals surface area (Å²) in [5.41, 5.74) is 5.07. The van der Waals surface area contributed by atoms with Crippen molar-refractivity contribution in [3.63, 3.8) is 0 Å². The minimum absolute atomic E-state index is 0.0308. The van der Waals surface area contributed by atoms with Crippen molar-refractivity contribution in [3.8, 4) is 5.75 Å². The molecule has 1 aliphatic heterocycles. The van der Waals surface area contributed by atoms with E-state index >= 15 is 0 Å². The van der Waals surface area contributed by atoms with Crippen LogP contribution in [0.2, 0.25) is 0 Å². The van der Waals surface area contributed by atoms with E-state index in [4.69, 9.17) is 9.47 Å². The van der Waals surface area contributed by atoms with E-state index in [-0.39, 0.29) is 31.1 Å². The van der Waals surface area contributed by atoms with Crippen molar-refractivity contribution in [1.82, 2.24) is 0 Å². The van der Waals surface area contributed by atoms with Gasteiger partial charge in [-0.1, -0.05) is 12.1 Å². The van der Waals surface area contributed by atoms with Crippen LogP contribution in [0.3, 0.4) is 0 Å². The lowest BCUT2D eigenvalue weighted by molar-refractivity contribution is -0.147. The lowest BCUT2D eigenvalue weighted by Crippen LogP contribution is -2.38. The zero-order valence-electron chi connectivity index (χ0n) is 17.8. The standard InChI is InChI=1S/C25H27NO5/c1-30-21-9-10-22-19(15-21)6-3-13-26(22)24(28)16-31-25(29)12-11-23(27)20-8-7-17-4-2-5-18(17)14-20/h7-10,14-15H,2-6,11-13,16H2,1H3. The van der Waals surface area contributed by atoms with Crippen molar-refractivity contribution in [1.29, 1.82) is 0 Å². The van der Waals surface area contributed by atoms with Crippen LogP contribution in [-0.2, 0) is 33.6 Å². The molecule has 0 aromatic heterocycles. The number of carbonyl (C=O) groups is 3. The fraction of sp³-hybridized carbons (Fsp3) is 0.400. The van der Waals surface area contributed by atoms with Gasteiger partial charge in [0.15, 0.2) is 12.4 Å². The maximum atomic E-state index is 12.6. The molecule has 2 aromatic carbocycles. The van der Waals surface area contributed by atoms with Crippen molar-refractivity contribution in [2.24, 2.45) is 0 Å². The number of Topliss-reactive ketones (excluding diaryl/α,β-unsaturated/α-hetero) is 1. The first-order valence-electron chi connectivity index (χ1n) is 10.8. The number of fused-ring (bicyclic) bond motifs is 2. The SMILES string of the molecule is COc1ccc2c(c1)CCCN2C(=O)COC(=O)CCC(=O)c1ccc2c(c1)CCC2. The number of benzene rings is 2. The second kappa shape index (κ2) is 9.33. The Morgan fingerprint density at radius 1 is 0.903 bits per heavy atom. The Bertz CT molecular complexity index is 1010. The number of ketones is 1. The number of nitrogens with zero attached hydrogens (tertiary/aromatic N) is 1. The van der Waals surface area contributed by atoms with E-state index in [2.05, 4.69) is 0 Å². The topological polar surface area (TPSA) is 72.9 Å². The monoisotopic (exact) mass is 421 g/mol. The average Bonchev–Trinajstić information content (AvgIpc) is 3.28. The number of hydrogen-bond donors (Lipinski definition) is 0. The maximum absolute atomic E-state index is 12.6. The molecule has 0 atom stereocenters. The quantitative estimate of drug-likeness (QED) is 0.504. The highest BCUT2D eigenvalue weighted by Crippen LogP contribution is 2.30. The fourth-order valence-electron chi connectivity index (χ4n) is 4.36. The summed E-state index contributed by atoms with van der Waals surface area (Å²) in [4.78, 5) is 38.8. The van der Waals surface area contributed by atoms with Gasteiger partial charge in [-0.2, -0.15) is 0 Å². The smallest absolute Gasteiger partial charge is 0.306 e. The van der Waals surface area contributed by atoms with Crippen LogP contribution in [0.15, 0.2) is 36.4 Å². The van der Waals surface area contributed by atoms with Crippen LogP contribution in [0.4, 0.5) is 5.69 Å². The van der Waals surface area contributed by atoms with E-state index in [1.807, 2.05) is 36.4 Å². The Morgan fingerprint density at radius 3 is 2.55 bits per heavy atom. The summed E-state index contributed by atoms with van der Waals surface area (Å²) in [6.45, 7) is 0.268. The molecule has 0 saturated heterocycles. The molecule has 1 amide bonds. The number of esters is 1. The third-order valence-electron chi connectivity index (χ3n) is 6.04. The Balaban J connectivity index is 1.27. The van der Waals surface area contributed by atoms with Crippen LogP contribution in [-0.4, -0.2) is 37.9 Å². The van der Waals surface area contributed by atoms with E-state index < -0.39 is 5.97 Å². The number of hydrogen-bond acceptors (Lipinski definition) is 5. The van der Waals surface area contributed by atoms with Crippen molar-refractivity contribution in [2.75, 3.05) is 25.2 Å². The normalized spacial score (nSPS) is 14.5. The molecule has 31 heavy (non-hydrogen) atoms. The Kier molecular flexibility index (Phi) is 6.35. The van der Waals surface area contributed by atoms with Gasteiger partial charge in [0.1, 0.15) is 5.75 Å². The van der Waals surface area contributed by atoms with Crippen LogP contribution in [0.1, 0.15) is 52.7 Å². The number of methoxy groups -OCH3 is 1. The largest absolute Gasteiger partial charge is 0.497 e. The summed E-state index contributed by atoms with van der Waals surface area (Å²) >= 11 is 0. The predicted octanol–water partition coefficient (Wildman–Crippen LogP) is 3.67. The van der Waals surface area contributed by atoms with Gasteiger partial charge in [-0.25, -0.2) is 0 Å². The molecule has 2 aromatic rings. The van der Waals surface area contributed by atoms with E-state index in [1.54, 1.807) is 12.0 Å². The molecule has 0 bridgehead atoms. The highest BCUT2D eigenvalue weighted by atomic mass is 16.5. The lowest BCUT2D eigenvalue weighted by atomic mass is 10.0. The summed E-state index contributed by atoms with van der Waals surface area (Å²) in [6, 6.07) is 11.4. The van der Waals surface area contributed by atoms with Crippen molar-refractivity contribution < 1.29 is 23.9 Å². The summed E-state index contributed by atoms with van der Waals surface area (Å²) in [7, 11) is 1.61. The molecule has 1 aliphatic carbocycles. The minimum atomic E-state index is -0.533. The molecule has 6 nitrogen and oxygen atoms in total. The van der Waals surface area contributed by atoms with Gasteiger partial charge in [0, 0.05) is 24.2 Å². The van der Waals surface area contributed by atoms with Crippen molar-refractivity contribution >= 4 is 23.3 Å². The van der Waals surface area contributed by atoms with Crippen molar-refractivity contribution in [3.05, 3.63) is 58.7 Å². The Morgan fingerprint density at radius 2 is 1.71 bits per heavy atom. The molecule has 2 aliphatic rings. The van der Waals surface area contributed by atoms with Gasteiger partial charge >= 0.3 is 5.97 Å². The number of aryl methyl sites for hydroxylation is 3. The third kappa shape index (κ3) is 4.79. The summed E-state index contributed by atoms with van der Waals surface area (Å²) in [6.07, 6.45) is 4.97. The van der Waals surface area contributed by atoms with Gasteiger partial charge in [0.05, 0.1) is 13.5 Å². The number of carbonyl (C=O) groups excluding carboxylic acids is 3. The molecule has 162 valence electrons. The Labute approximate surface area is 182 Å². The highest BCUT2D eigenvalue weighted by molar-refractivity contribution is 5.98. The molecular formula is C25H27NO5. The van der Waals surface area contributed by atoms with Gasteiger partial charge in [-0.05, 0) is 73.1 Å². The van der Waals surface area contributed by atoms with Crippen LogP contribution < -0.4 is 9.64 Å². The molecule has 0 saturated carbocycles. The van der Waals surface area contributed by atoms with Crippen molar-refractivity contribution in [2.45, 2.75) is 44.9 Å². The number of amides is 1. The summed E-state index contributed by atoms with van der Waals surface area (Å²) < 4.78 is 10.4. The molecular weight excluding hydrogens is 394 g/mol. The first kappa shape index (κ1) is 21.1. The second-order valence-electron chi connectivity index (χ2n) is 8.06. The van der Waals surface area contributed by atoms with Crippen LogP contribution in [0, 0.1) is 0 Å². The first-order valence-corrected chi connectivity index (χ1v) is 10.8. The van der Waals surface area contributed by atoms with Gasteiger partial charge < -0.3 is 14.4 Å². The van der Waals surface area contributed by atoms with E-state index in [9.17, 15) is 14.4 Å².